The van der Waals surface area contributed by atoms with Crippen LogP contribution >= 0.6 is 0 Å². The molecule has 7 rings (SSSR count). The van der Waals surface area contributed by atoms with Crippen LogP contribution in [-0.4, -0.2) is 92.3 Å². The number of aliphatic hydroxyl groups is 1. The molecule has 8 nitrogen and oxygen atoms in total. The number of benzene rings is 3. The molecule has 0 aliphatic carbocycles. The maximum Gasteiger partial charge on any atom is 0.319 e. The SMILES string of the molecule is C[C@]12CCC(CN(c3nc(OC[C@H]([Si])[C@@H]4CCCN4CCO)nc4c(F)c(-c5cc(O)cc6ccccc56)c(F)cc34)C1)N2. The molecular formula is C33H36F2N5O3Si. The van der Waals surface area contributed by atoms with Gasteiger partial charge in [-0.25, -0.2) is 8.78 Å². The molecule has 11 heteroatoms. The molecule has 229 valence electrons. The van der Waals surface area contributed by atoms with Crippen LogP contribution in [0.4, 0.5) is 14.6 Å². The van der Waals surface area contributed by atoms with Gasteiger partial charge in [-0.15, -0.1) is 0 Å². The summed E-state index contributed by atoms with van der Waals surface area (Å²) in [5.74, 6) is -1.21. The normalized spacial score (nSPS) is 24.4. The summed E-state index contributed by atoms with van der Waals surface area (Å²) in [4.78, 5) is 13.6. The van der Waals surface area contributed by atoms with Gasteiger partial charge in [-0.1, -0.05) is 24.3 Å². The maximum atomic E-state index is 16.7. The van der Waals surface area contributed by atoms with E-state index in [1.807, 2.05) is 6.07 Å². The summed E-state index contributed by atoms with van der Waals surface area (Å²) in [6.07, 6.45) is 4.04. The number of halogens is 2. The summed E-state index contributed by atoms with van der Waals surface area (Å²) in [6.45, 7) is 5.29. The molecular weight excluding hydrogens is 580 g/mol. The fourth-order valence-electron chi connectivity index (χ4n) is 7.51. The fourth-order valence-corrected chi connectivity index (χ4v) is 7.97. The lowest BCUT2D eigenvalue weighted by molar-refractivity contribution is 0.163. The van der Waals surface area contributed by atoms with Crippen LogP contribution in [0.1, 0.15) is 32.6 Å². The predicted octanol–water partition coefficient (Wildman–Crippen LogP) is 4.56. The standard InChI is InChI=1S/C33H36F2N5O3Si/c1-33-9-8-20(38-33)16-40(18-33)31-24-15-25(34)28(23-14-21(42)13-19-5-2-3-6-22(19)23)29(35)30(24)36-32(37-31)43-17-27(44)26-7-4-10-39(26)11-12-41/h2-3,5-6,13-15,20,26-27,38,41-42H,4,7-12,16-18H2,1H3/t20?,26-,27-,33-/m0/s1. The molecule has 1 unspecified atom stereocenters. The van der Waals surface area contributed by atoms with Crippen LogP contribution in [0.5, 0.6) is 11.8 Å². The van der Waals surface area contributed by atoms with E-state index in [9.17, 15) is 10.2 Å². The van der Waals surface area contributed by atoms with E-state index in [0.717, 1.165) is 32.2 Å². The minimum absolute atomic E-state index is 0.0238. The summed E-state index contributed by atoms with van der Waals surface area (Å²) in [6, 6.07) is 11.9. The van der Waals surface area contributed by atoms with E-state index in [0.29, 0.717) is 36.2 Å². The number of β-amino-alcohol motifs (C(OH)–C–C–N with tert-alkyl or cyclic N) is 1. The molecule has 3 fully saturated rings. The smallest absolute Gasteiger partial charge is 0.319 e. The van der Waals surface area contributed by atoms with Gasteiger partial charge in [-0.2, -0.15) is 9.97 Å². The molecule has 44 heavy (non-hydrogen) atoms. The van der Waals surface area contributed by atoms with E-state index in [1.165, 1.54) is 12.1 Å². The first-order chi connectivity index (χ1) is 21.2. The van der Waals surface area contributed by atoms with Crippen molar-refractivity contribution in [2.45, 2.75) is 55.8 Å². The molecule has 3 aliphatic heterocycles. The number of phenols is 1. The van der Waals surface area contributed by atoms with E-state index in [1.54, 1.807) is 24.3 Å². The highest BCUT2D eigenvalue weighted by atomic mass is 28.1. The third-order valence-corrected chi connectivity index (χ3v) is 10.0. The van der Waals surface area contributed by atoms with Crippen LogP contribution < -0.4 is 15.0 Å². The number of piperazine rings is 1. The first kappa shape index (κ1) is 29.3. The van der Waals surface area contributed by atoms with Gasteiger partial charge in [0.2, 0.25) is 0 Å². The Bertz CT molecular complexity index is 1730. The van der Waals surface area contributed by atoms with E-state index in [2.05, 4.69) is 37.3 Å². The number of aliphatic hydroxyl groups excluding tert-OH is 1. The van der Waals surface area contributed by atoms with E-state index in [4.69, 9.17) is 9.72 Å². The highest BCUT2D eigenvalue weighted by Crippen LogP contribution is 2.41. The number of aromatic nitrogens is 2. The summed E-state index contributed by atoms with van der Waals surface area (Å²) < 4.78 is 38.9. The van der Waals surface area contributed by atoms with Gasteiger partial charge in [0.1, 0.15) is 22.9 Å². The number of nitrogens with zero attached hydrogens (tertiary/aromatic N) is 4. The zero-order chi connectivity index (χ0) is 30.6. The van der Waals surface area contributed by atoms with Crippen molar-refractivity contribution in [3.05, 3.63) is 54.1 Å². The van der Waals surface area contributed by atoms with E-state index >= 15 is 8.78 Å². The fraction of sp³-hybridized carbons (Fsp3) is 0.455. The zero-order valence-electron chi connectivity index (χ0n) is 24.7. The summed E-state index contributed by atoms with van der Waals surface area (Å²) in [7, 11) is 3.84. The number of likely N-dealkylation sites (tertiary alicyclic amines) is 1. The van der Waals surface area contributed by atoms with Crippen LogP contribution in [0, 0.1) is 11.6 Å². The van der Waals surface area contributed by atoms with Crippen molar-refractivity contribution in [2.24, 2.45) is 0 Å². The molecule has 0 saturated carbocycles. The van der Waals surface area contributed by atoms with E-state index < -0.39 is 11.6 Å². The summed E-state index contributed by atoms with van der Waals surface area (Å²) in [5.41, 5.74) is -0.224. The number of phenolic OH excluding ortho intramolecular Hbond substituents is 1. The van der Waals surface area contributed by atoms with Gasteiger partial charge in [0.25, 0.3) is 0 Å². The maximum absolute atomic E-state index is 16.7. The molecule has 3 aromatic carbocycles. The lowest BCUT2D eigenvalue weighted by Gasteiger charge is -2.40. The molecule has 3 saturated heterocycles. The van der Waals surface area contributed by atoms with Crippen LogP contribution in [0.2, 0.25) is 5.54 Å². The molecule has 4 aromatic rings. The Balaban J connectivity index is 1.33. The monoisotopic (exact) mass is 616 g/mol. The Morgan fingerprint density at radius 1 is 1.16 bits per heavy atom. The molecule has 4 heterocycles. The van der Waals surface area contributed by atoms with Gasteiger partial charge in [0, 0.05) is 52.9 Å². The third-order valence-electron chi connectivity index (χ3n) is 9.49. The number of nitrogens with one attached hydrogen (secondary N) is 1. The number of aromatic hydroxyl groups is 1. The Morgan fingerprint density at radius 3 is 2.82 bits per heavy atom. The van der Waals surface area contributed by atoms with Crippen molar-refractivity contribution in [2.75, 3.05) is 44.3 Å². The zero-order valence-corrected chi connectivity index (χ0v) is 25.7. The summed E-state index contributed by atoms with van der Waals surface area (Å²) >= 11 is 0. The summed E-state index contributed by atoms with van der Waals surface area (Å²) in [5, 5.41) is 25.2. The van der Waals surface area contributed by atoms with Crippen molar-refractivity contribution in [3.63, 3.8) is 0 Å². The number of fused-ring (bicyclic) bond motifs is 4. The highest BCUT2D eigenvalue weighted by Gasteiger charge is 2.42. The van der Waals surface area contributed by atoms with Crippen molar-refractivity contribution < 1.29 is 23.7 Å². The molecule has 0 spiro atoms. The Labute approximate surface area is 258 Å². The molecule has 2 bridgehead atoms. The van der Waals surface area contributed by atoms with Crippen LogP contribution in [0.15, 0.2) is 42.5 Å². The van der Waals surface area contributed by atoms with Crippen molar-refractivity contribution >= 4 is 37.7 Å². The number of anilines is 1. The van der Waals surface area contributed by atoms with Crippen LogP contribution in [-0.2, 0) is 0 Å². The number of hydrogen-bond donors (Lipinski definition) is 3. The lowest BCUT2D eigenvalue weighted by atomic mass is 9.95. The minimum Gasteiger partial charge on any atom is -0.508 e. The second kappa shape index (κ2) is 11.5. The van der Waals surface area contributed by atoms with Gasteiger partial charge in [-0.05, 0) is 79.2 Å². The van der Waals surface area contributed by atoms with Gasteiger partial charge in [0.05, 0.1) is 18.8 Å². The minimum atomic E-state index is -0.826. The number of hydrogen-bond acceptors (Lipinski definition) is 8. The number of ether oxygens (including phenoxy) is 1. The average molecular weight is 617 g/mol. The van der Waals surface area contributed by atoms with Gasteiger partial charge in [-0.3, -0.25) is 4.90 Å². The largest absolute Gasteiger partial charge is 0.508 e. The molecule has 3 aliphatic rings. The number of rotatable bonds is 8. The lowest BCUT2D eigenvalue weighted by Crippen LogP contribution is -2.58. The van der Waals surface area contributed by atoms with Gasteiger partial charge >= 0.3 is 6.01 Å². The Hall–Kier alpha value is -3.38. The van der Waals surface area contributed by atoms with Crippen molar-refractivity contribution in [1.29, 1.82) is 0 Å². The van der Waals surface area contributed by atoms with Crippen molar-refractivity contribution in [1.82, 2.24) is 20.2 Å². The van der Waals surface area contributed by atoms with Gasteiger partial charge < -0.3 is 25.2 Å². The second-order valence-electron chi connectivity index (χ2n) is 12.7. The second-order valence-corrected chi connectivity index (χ2v) is 13.4. The first-order valence-corrected chi connectivity index (χ1v) is 15.9. The van der Waals surface area contributed by atoms with E-state index in [-0.39, 0.29) is 70.2 Å². The topological polar surface area (TPSA) is 94.0 Å². The van der Waals surface area contributed by atoms with Crippen molar-refractivity contribution in [3.8, 4) is 22.9 Å². The van der Waals surface area contributed by atoms with Gasteiger partial charge in [0.15, 0.2) is 5.82 Å². The highest BCUT2D eigenvalue weighted by molar-refractivity contribution is 6.12. The Kier molecular flexibility index (Phi) is 7.68. The molecule has 4 atom stereocenters. The first-order valence-electron chi connectivity index (χ1n) is 15.4. The third kappa shape index (κ3) is 5.29. The molecule has 0 amide bonds. The molecule has 3 N–H and O–H groups in total. The van der Waals surface area contributed by atoms with Crippen LogP contribution in [0.25, 0.3) is 32.8 Å². The van der Waals surface area contributed by atoms with Crippen LogP contribution in [0.3, 0.4) is 0 Å². The average Bonchev–Trinajstić information content (AvgIpc) is 3.58. The molecule has 1 aromatic heterocycles. The predicted molar refractivity (Wildman–Crippen MR) is 168 cm³/mol. The quantitative estimate of drug-likeness (QED) is 0.248. The Morgan fingerprint density at radius 2 is 2.00 bits per heavy atom. The molecule has 3 radical (unpaired) electrons.